The molecule has 1 aliphatic rings. The zero-order valence-corrected chi connectivity index (χ0v) is 17.9. The summed E-state index contributed by atoms with van der Waals surface area (Å²) in [4.78, 5) is 4.60. The molecule has 1 fully saturated rings. The molecule has 4 nitrogen and oxygen atoms in total. The highest BCUT2D eigenvalue weighted by atomic mass is 16.5. The van der Waals surface area contributed by atoms with E-state index in [1.807, 2.05) is 0 Å². The quantitative estimate of drug-likeness (QED) is 0.534. The topological polar surface area (TPSA) is 51.0 Å². The van der Waals surface area contributed by atoms with Crippen LogP contribution in [0.3, 0.4) is 0 Å². The van der Waals surface area contributed by atoms with E-state index in [1.165, 1.54) is 24.0 Å². The van der Waals surface area contributed by atoms with Crippen molar-refractivity contribution in [3.63, 3.8) is 0 Å². The van der Waals surface area contributed by atoms with Crippen molar-refractivity contribution in [2.24, 2.45) is 11.8 Å². The van der Waals surface area contributed by atoms with Crippen molar-refractivity contribution >= 4 is 0 Å². The summed E-state index contributed by atoms with van der Waals surface area (Å²) in [6.07, 6.45) is 3.65. The number of nitrogens with zero attached hydrogens (tertiary/aromatic N) is 2. The largest absolute Gasteiger partial charge is 0.334 e. The number of hydrogen-bond donors (Lipinski definition) is 1. The first-order valence-corrected chi connectivity index (χ1v) is 10.8. The molecule has 1 heterocycles. The zero-order valence-electron chi connectivity index (χ0n) is 17.9. The maximum atomic E-state index is 5.52. The molecular weight excluding hydrogens is 358 g/mol. The van der Waals surface area contributed by atoms with Crippen LogP contribution in [0, 0.1) is 11.8 Å². The van der Waals surface area contributed by atoms with Crippen molar-refractivity contribution in [3.05, 3.63) is 59.7 Å². The van der Waals surface area contributed by atoms with Crippen molar-refractivity contribution in [3.8, 4) is 22.8 Å². The fourth-order valence-electron chi connectivity index (χ4n) is 4.12. The highest BCUT2D eigenvalue weighted by Gasteiger charge is 2.26. The Labute approximate surface area is 173 Å². The maximum Gasteiger partial charge on any atom is 0.258 e. The fraction of sp³-hybridized carbons (Fsp3) is 0.440. The van der Waals surface area contributed by atoms with Gasteiger partial charge in [-0.3, -0.25) is 0 Å². The standard InChI is InChI=1S/C25H31N3O/c1-16(2)13-19-5-7-22(8-6-19)25-27-24(28-29-25)21-11-9-20(10-12-21)18(4)26-23-14-17(3)15-23/h5-12,16-18,23,26H,13-15H2,1-4H3. The van der Waals surface area contributed by atoms with Crippen LogP contribution in [-0.4, -0.2) is 16.2 Å². The van der Waals surface area contributed by atoms with Crippen LogP contribution in [0.1, 0.15) is 57.7 Å². The van der Waals surface area contributed by atoms with Gasteiger partial charge in [-0.2, -0.15) is 4.98 Å². The number of benzene rings is 2. The van der Waals surface area contributed by atoms with Crippen LogP contribution < -0.4 is 5.32 Å². The molecular formula is C25H31N3O. The third-order valence-electron chi connectivity index (χ3n) is 5.80. The Bertz CT molecular complexity index is 921. The van der Waals surface area contributed by atoms with Gasteiger partial charge in [-0.05, 0) is 61.3 Å². The zero-order chi connectivity index (χ0) is 20.4. The first-order chi connectivity index (χ1) is 14.0. The van der Waals surface area contributed by atoms with Crippen LogP contribution >= 0.6 is 0 Å². The minimum absolute atomic E-state index is 0.353. The minimum atomic E-state index is 0.353. The van der Waals surface area contributed by atoms with Crippen LogP contribution in [0.15, 0.2) is 53.1 Å². The molecule has 29 heavy (non-hydrogen) atoms. The average molecular weight is 390 g/mol. The third-order valence-corrected chi connectivity index (χ3v) is 5.80. The molecule has 152 valence electrons. The van der Waals surface area contributed by atoms with E-state index in [-0.39, 0.29) is 0 Å². The van der Waals surface area contributed by atoms with Crippen molar-refractivity contribution in [2.45, 2.75) is 59.0 Å². The molecule has 4 rings (SSSR count). The second kappa shape index (κ2) is 8.50. The third kappa shape index (κ3) is 4.76. The Kier molecular flexibility index (Phi) is 5.81. The van der Waals surface area contributed by atoms with E-state index in [9.17, 15) is 0 Å². The van der Waals surface area contributed by atoms with E-state index >= 15 is 0 Å². The van der Waals surface area contributed by atoms with Gasteiger partial charge in [-0.15, -0.1) is 0 Å². The number of hydrogen-bond acceptors (Lipinski definition) is 4. The van der Waals surface area contributed by atoms with E-state index in [4.69, 9.17) is 4.52 Å². The number of aromatic nitrogens is 2. The molecule has 4 heteroatoms. The van der Waals surface area contributed by atoms with Gasteiger partial charge in [0.1, 0.15) is 0 Å². The fourth-order valence-corrected chi connectivity index (χ4v) is 4.12. The highest BCUT2D eigenvalue weighted by Crippen LogP contribution is 2.29. The maximum absolute atomic E-state index is 5.52. The van der Waals surface area contributed by atoms with Crippen molar-refractivity contribution in [1.82, 2.24) is 15.5 Å². The molecule has 1 aliphatic carbocycles. The summed E-state index contributed by atoms with van der Waals surface area (Å²) in [5, 5.41) is 7.90. The molecule has 0 bridgehead atoms. The lowest BCUT2D eigenvalue weighted by atomic mass is 9.81. The average Bonchev–Trinajstić information content (AvgIpc) is 3.17. The first-order valence-electron chi connectivity index (χ1n) is 10.8. The summed E-state index contributed by atoms with van der Waals surface area (Å²) in [5.41, 5.74) is 4.56. The van der Waals surface area contributed by atoms with Crippen molar-refractivity contribution in [1.29, 1.82) is 0 Å². The van der Waals surface area contributed by atoms with Crippen LogP contribution in [0.4, 0.5) is 0 Å². The van der Waals surface area contributed by atoms with Gasteiger partial charge < -0.3 is 9.84 Å². The van der Waals surface area contributed by atoms with Gasteiger partial charge in [0, 0.05) is 23.2 Å². The molecule has 0 aliphatic heterocycles. The SMILES string of the molecule is CC(C)Cc1ccc(-c2nc(-c3ccc(C(C)NC4CC(C)C4)cc3)no2)cc1. The molecule has 0 saturated heterocycles. The van der Waals surface area contributed by atoms with Gasteiger partial charge >= 0.3 is 0 Å². The number of nitrogens with one attached hydrogen (secondary N) is 1. The lowest BCUT2D eigenvalue weighted by Crippen LogP contribution is -2.41. The number of rotatable bonds is 7. The second-order valence-corrected chi connectivity index (χ2v) is 9.00. The molecule has 1 saturated carbocycles. The Morgan fingerprint density at radius 1 is 0.966 bits per heavy atom. The van der Waals surface area contributed by atoms with Crippen LogP contribution in [0.2, 0.25) is 0 Å². The first kappa shape index (κ1) is 19.8. The lowest BCUT2D eigenvalue weighted by molar-refractivity contribution is 0.226. The molecule has 0 radical (unpaired) electrons. The molecule has 1 atom stereocenters. The van der Waals surface area contributed by atoms with Crippen LogP contribution in [-0.2, 0) is 6.42 Å². The predicted molar refractivity (Wildman–Crippen MR) is 117 cm³/mol. The van der Waals surface area contributed by atoms with E-state index in [0.29, 0.717) is 29.7 Å². The molecule has 0 amide bonds. The summed E-state index contributed by atoms with van der Waals surface area (Å²) >= 11 is 0. The predicted octanol–water partition coefficient (Wildman–Crippen LogP) is 6.05. The van der Waals surface area contributed by atoms with E-state index in [2.05, 4.69) is 91.7 Å². The summed E-state index contributed by atoms with van der Waals surface area (Å²) in [5.74, 6) is 2.70. The van der Waals surface area contributed by atoms with E-state index < -0.39 is 0 Å². The molecule has 1 N–H and O–H groups in total. The summed E-state index contributed by atoms with van der Waals surface area (Å²) in [7, 11) is 0. The monoisotopic (exact) mass is 389 g/mol. The van der Waals surface area contributed by atoms with E-state index in [1.54, 1.807) is 0 Å². The lowest BCUT2D eigenvalue weighted by Gasteiger charge is -2.35. The van der Waals surface area contributed by atoms with Crippen molar-refractivity contribution in [2.75, 3.05) is 0 Å². The highest BCUT2D eigenvalue weighted by molar-refractivity contribution is 5.60. The summed E-state index contributed by atoms with van der Waals surface area (Å²) in [6, 6.07) is 17.9. The smallest absolute Gasteiger partial charge is 0.258 e. The second-order valence-electron chi connectivity index (χ2n) is 9.00. The Hall–Kier alpha value is -2.46. The molecule has 1 aromatic heterocycles. The van der Waals surface area contributed by atoms with Crippen LogP contribution in [0.5, 0.6) is 0 Å². The van der Waals surface area contributed by atoms with E-state index in [0.717, 1.165) is 23.5 Å². The molecule has 2 aromatic carbocycles. The summed E-state index contributed by atoms with van der Waals surface area (Å²) < 4.78 is 5.52. The minimum Gasteiger partial charge on any atom is -0.334 e. The van der Waals surface area contributed by atoms with Gasteiger partial charge in [0.2, 0.25) is 5.82 Å². The Balaban J connectivity index is 1.42. The summed E-state index contributed by atoms with van der Waals surface area (Å²) in [6.45, 7) is 9.01. The van der Waals surface area contributed by atoms with Gasteiger partial charge in [0.15, 0.2) is 0 Å². The van der Waals surface area contributed by atoms with Gasteiger partial charge in [0.25, 0.3) is 5.89 Å². The van der Waals surface area contributed by atoms with Gasteiger partial charge in [0.05, 0.1) is 0 Å². The van der Waals surface area contributed by atoms with Gasteiger partial charge in [-0.1, -0.05) is 62.3 Å². The molecule has 0 spiro atoms. The Morgan fingerprint density at radius 2 is 1.62 bits per heavy atom. The molecule has 3 aromatic rings. The van der Waals surface area contributed by atoms with Gasteiger partial charge in [-0.25, -0.2) is 0 Å². The van der Waals surface area contributed by atoms with Crippen molar-refractivity contribution < 1.29 is 4.52 Å². The van der Waals surface area contributed by atoms with Crippen LogP contribution in [0.25, 0.3) is 22.8 Å². The normalized spacial score (nSPS) is 19.9. The Morgan fingerprint density at radius 3 is 2.24 bits per heavy atom. The molecule has 1 unspecified atom stereocenters.